The van der Waals surface area contributed by atoms with E-state index >= 15 is 0 Å². The zero-order valence-electron chi connectivity index (χ0n) is 12.3. The number of ether oxygens (including phenoxy) is 1. The minimum Gasteiger partial charge on any atom is -0.469 e. The Balaban J connectivity index is 1.92. The molecule has 2 aliphatic rings. The predicted octanol–water partition coefficient (Wildman–Crippen LogP) is 3.28. The summed E-state index contributed by atoms with van der Waals surface area (Å²) < 4.78 is 4.80. The summed E-state index contributed by atoms with van der Waals surface area (Å²) in [6.45, 7) is 0. The largest absolute Gasteiger partial charge is 0.469 e. The molecule has 0 saturated heterocycles. The molecule has 0 aromatic heterocycles. The fraction of sp³-hybridized carbons (Fsp3) is 0.529. The molecule has 0 radical (unpaired) electrons. The number of methoxy groups -OCH3 is 1. The van der Waals surface area contributed by atoms with Crippen LogP contribution in [0.25, 0.3) is 0 Å². The van der Waals surface area contributed by atoms with E-state index in [1.54, 1.807) is 0 Å². The summed E-state index contributed by atoms with van der Waals surface area (Å²) >= 11 is 0. The van der Waals surface area contributed by atoms with E-state index in [4.69, 9.17) is 9.57 Å². The van der Waals surface area contributed by atoms with Crippen molar-refractivity contribution in [3.63, 3.8) is 0 Å². The van der Waals surface area contributed by atoms with Gasteiger partial charge in [0.1, 0.15) is 6.10 Å². The molecule has 1 saturated carbocycles. The maximum absolute atomic E-state index is 11.7. The number of oxime groups is 1. The van der Waals surface area contributed by atoms with Gasteiger partial charge < -0.3 is 9.57 Å². The highest BCUT2D eigenvalue weighted by Crippen LogP contribution is 2.42. The molecule has 1 heterocycles. The summed E-state index contributed by atoms with van der Waals surface area (Å²) in [6, 6.07) is 10.3. The fourth-order valence-corrected chi connectivity index (χ4v) is 3.54. The average Bonchev–Trinajstić information content (AvgIpc) is 2.55. The second-order valence-corrected chi connectivity index (χ2v) is 5.82. The molecule has 0 N–H and O–H groups in total. The summed E-state index contributed by atoms with van der Waals surface area (Å²) in [7, 11) is 1.41. The van der Waals surface area contributed by atoms with Crippen LogP contribution in [0.1, 0.15) is 43.6 Å². The van der Waals surface area contributed by atoms with Gasteiger partial charge in [-0.2, -0.15) is 0 Å². The number of nitrogens with zero attached hydrogens (tertiary/aromatic N) is 1. The molecule has 1 aromatic rings. The van der Waals surface area contributed by atoms with Crippen molar-refractivity contribution in [2.45, 2.75) is 44.1 Å². The topological polar surface area (TPSA) is 47.9 Å². The normalized spacial score (nSPS) is 28.0. The Bertz CT molecular complexity index is 526. The summed E-state index contributed by atoms with van der Waals surface area (Å²) in [5.41, 5.74) is 2.02. The number of hydrogen-bond donors (Lipinski definition) is 0. The molecule has 0 spiro atoms. The maximum Gasteiger partial charge on any atom is 0.311 e. The smallest absolute Gasteiger partial charge is 0.311 e. The van der Waals surface area contributed by atoms with Crippen LogP contribution in [0.15, 0.2) is 35.5 Å². The molecule has 0 bridgehead atoms. The zero-order chi connectivity index (χ0) is 14.7. The Morgan fingerprint density at radius 1 is 1.29 bits per heavy atom. The number of carbonyl (C=O) groups is 1. The second kappa shape index (κ2) is 6.29. The monoisotopic (exact) mass is 287 g/mol. The molecule has 3 atom stereocenters. The number of hydrogen-bond acceptors (Lipinski definition) is 4. The van der Waals surface area contributed by atoms with Gasteiger partial charge in [-0.15, -0.1) is 0 Å². The lowest BCUT2D eigenvalue weighted by atomic mass is 9.72. The standard InChI is InChI=1S/C17H21NO3/c1-20-16(19)11-14-17(12-7-3-2-4-8-12)13-9-5-6-10-15(13)21-18-14/h2-4,7-8,13,15,17H,5-6,9-11H2,1H3/t13-,15+,17+/m0/s1. The van der Waals surface area contributed by atoms with Gasteiger partial charge in [0.15, 0.2) is 0 Å². The van der Waals surface area contributed by atoms with Crippen LogP contribution in [0.2, 0.25) is 0 Å². The molecule has 4 heteroatoms. The zero-order valence-corrected chi connectivity index (χ0v) is 12.3. The Kier molecular flexibility index (Phi) is 4.23. The lowest BCUT2D eigenvalue weighted by molar-refractivity contribution is -0.139. The molecule has 1 aliphatic heterocycles. The lowest BCUT2D eigenvalue weighted by Crippen LogP contribution is -2.39. The Morgan fingerprint density at radius 3 is 2.81 bits per heavy atom. The van der Waals surface area contributed by atoms with Crippen LogP contribution >= 0.6 is 0 Å². The first-order valence-corrected chi connectivity index (χ1v) is 7.64. The van der Waals surface area contributed by atoms with Crippen LogP contribution in [0, 0.1) is 5.92 Å². The third-order valence-corrected chi connectivity index (χ3v) is 4.56. The van der Waals surface area contributed by atoms with Crippen molar-refractivity contribution < 1.29 is 14.4 Å². The number of esters is 1. The maximum atomic E-state index is 11.7. The van der Waals surface area contributed by atoms with Crippen molar-refractivity contribution in [2.24, 2.45) is 11.1 Å². The van der Waals surface area contributed by atoms with Gasteiger partial charge in [-0.3, -0.25) is 4.79 Å². The molecule has 4 nitrogen and oxygen atoms in total. The molecule has 3 rings (SSSR count). The first kappa shape index (κ1) is 14.1. The first-order chi connectivity index (χ1) is 10.3. The molecule has 1 aromatic carbocycles. The average molecular weight is 287 g/mol. The lowest BCUT2D eigenvalue weighted by Gasteiger charge is -2.39. The van der Waals surface area contributed by atoms with Crippen LogP contribution < -0.4 is 0 Å². The minimum atomic E-state index is -0.257. The van der Waals surface area contributed by atoms with Gasteiger partial charge in [0, 0.05) is 11.8 Å². The van der Waals surface area contributed by atoms with Gasteiger partial charge in [0.25, 0.3) is 0 Å². The predicted molar refractivity (Wildman–Crippen MR) is 80.1 cm³/mol. The van der Waals surface area contributed by atoms with Gasteiger partial charge in [0.2, 0.25) is 0 Å². The van der Waals surface area contributed by atoms with Crippen LogP contribution in [0.4, 0.5) is 0 Å². The van der Waals surface area contributed by atoms with E-state index in [0.29, 0.717) is 5.92 Å². The van der Waals surface area contributed by atoms with Crippen molar-refractivity contribution >= 4 is 11.7 Å². The van der Waals surface area contributed by atoms with E-state index < -0.39 is 0 Å². The van der Waals surface area contributed by atoms with Gasteiger partial charge in [-0.05, 0) is 24.8 Å². The summed E-state index contributed by atoms with van der Waals surface area (Å²) in [4.78, 5) is 17.3. The van der Waals surface area contributed by atoms with Gasteiger partial charge >= 0.3 is 5.97 Å². The first-order valence-electron chi connectivity index (χ1n) is 7.64. The van der Waals surface area contributed by atoms with Gasteiger partial charge in [-0.25, -0.2) is 0 Å². The second-order valence-electron chi connectivity index (χ2n) is 5.82. The van der Waals surface area contributed by atoms with Crippen LogP contribution in [-0.2, 0) is 14.4 Å². The van der Waals surface area contributed by atoms with Crippen molar-refractivity contribution in [1.29, 1.82) is 0 Å². The van der Waals surface area contributed by atoms with E-state index in [2.05, 4.69) is 17.3 Å². The third kappa shape index (κ3) is 2.94. The van der Waals surface area contributed by atoms with E-state index in [0.717, 1.165) is 18.6 Å². The van der Waals surface area contributed by atoms with Crippen molar-refractivity contribution in [1.82, 2.24) is 0 Å². The van der Waals surface area contributed by atoms with E-state index in [-0.39, 0.29) is 24.4 Å². The summed E-state index contributed by atoms with van der Waals surface area (Å²) in [5.74, 6) is 0.329. The van der Waals surface area contributed by atoms with Crippen LogP contribution in [0.5, 0.6) is 0 Å². The van der Waals surface area contributed by atoms with Crippen LogP contribution in [0.3, 0.4) is 0 Å². The Hall–Kier alpha value is -1.84. The van der Waals surface area contributed by atoms with E-state index in [9.17, 15) is 4.79 Å². The number of fused-ring (bicyclic) bond motifs is 1. The molecule has 1 aliphatic carbocycles. The highest BCUT2D eigenvalue weighted by molar-refractivity contribution is 6.02. The quantitative estimate of drug-likeness (QED) is 0.802. The molecule has 21 heavy (non-hydrogen) atoms. The Labute approximate surface area is 125 Å². The Morgan fingerprint density at radius 2 is 2.05 bits per heavy atom. The molecular formula is C17H21NO3. The SMILES string of the molecule is COC(=O)CC1=NO[C@@H]2CCCC[C@@H]2[C@H]1c1ccccc1. The molecular weight excluding hydrogens is 266 g/mol. The fourth-order valence-electron chi connectivity index (χ4n) is 3.54. The minimum absolute atomic E-state index is 0.171. The van der Waals surface area contributed by atoms with Crippen molar-refractivity contribution in [3.05, 3.63) is 35.9 Å². The molecule has 0 amide bonds. The van der Waals surface area contributed by atoms with Crippen molar-refractivity contribution in [2.75, 3.05) is 7.11 Å². The molecule has 1 fully saturated rings. The van der Waals surface area contributed by atoms with Crippen LogP contribution in [-0.4, -0.2) is 24.9 Å². The van der Waals surface area contributed by atoms with Gasteiger partial charge in [0.05, 0.1) is 19.2 Å². The number of rotatable bonds is 3. The number of carbonyl (C=O) groups excluding carboxylic acids is 1. The highest BCUT2D eigenvalue weighted by atomic mass is 16.6. The van der Waals surface area contributed by atoms with E-state index in [1.807, 2.05) is 18.2 Å². The summed E-state index contributed by atoms with van der Waals surface area (Å²) in [5, 5.41) is 4.28. The van der Waals surface area contributed by atoms with Crippen molar-refractivity contribution in [3.8, 4) is 0 Å². The van der Waals surface area contributed by atoms with Gasteiger partial charge in [-0.1, -0.05) is 41.9 Å². The third-order valence-electron chi connectivity index (χ3n) is 4.56. The summed E-state index contributed by atoms with van der Waals surface area (Å²) in [6.07, 6.45) is 5.00. The number of benzene rings is 1. The highest BCUT2D eigenvalue weighted by Gasteiger charge is 2.40. The molecule has 112 valence electrons. The molecule has 0 unspecified atom stereocenters. The van der Waals surface area contributed by atoms with E-state index in [1.165, 1.54) is 25.5 Å².